The van der Waals surface area contributed by atoms with E-state index in [1.54, 1.807) is 12.1 Å². The average Bonchev–Trinajstić information content (AvgIpc) is 2.43. The fraction of sp³-hybridized carbons (Fsp3) is 0.467. The fourth-order valence-electron chi connectivity index (χ4n) is 1.71. The van der Waals surface area contributed by atoms with E-state index in [0.29, 0.717) is 11.5 Å². The lowest BCUT2D eigenvalue weighted by Crippen LogP contribution is -2.18. The van der Waals surface area contributed by atoms with Crippen molar-refractivity contribution in [1.82, 2.24) is 5.43 Å². The van der Waals surface area contributed by atoms with Crippen molar-refractivity contribution < 1.29 is 4.79 Å². The highest BCUT2D eigenvalue weighted by molar-refractivity contribution is 5.94. The number of unbranched alkanes of at least 4 members (excludes halogenated alkanes) is 1. The van der Waals surface area contributed by atoms with Crippen LogP contribution in [-0.4, -0.2) is 12.1 Å². The first-order valence-electron chi connectivity index (χ1n) is 6.66. The van der Waals surface area contributed by atoms with E-state index >= 15 is 0 Å². The first-order chi connectivity index (χ1) is 8.77. The van der Waals surface area contributed by atoms with Crippen LogP contribution in [-0.2, 0) is 0 Å². The molecular formula is C15H22N2O. The van der Waals surface area contributed by atoms with Crippen LogP contribution in [0.5, 0.6) is 0 Å². The second kappa shape index (κ2) is 8.45. The van der Waals surface area contributed by atoms with E-state index in [0.717, 1.165) is 12.8 Å². The summed E-state index contributed by atoms with van der Waals surface area (Å²) >= 11 is 0. The van der Waals surface area contributed by atoms with Crippen molar-refractivity contribution in [3.8, 4) is 0 Å². The molecule has 1 amide bonds. The summed E-state index contributed by atoms with van der Waals surface area (Å²) in [4.78, 5) is 11.7. The van der Waals surface area contributed by atoms with Gasteiger partial charge in [-0.2, -0.15) is 5.10 Å². The van der Waals surface area contributed by atoms with Crippen molar-refractivity contribution in [3.63, 3.8) is 0 Å². The lowest BCUT2D eigenvalue weighted by molar-refractivity contribution is 0.0955. The van der Waals surface area contributed by atoms with Gasteiger partial charge in [0.15, 0.2) is 0 Å². The molecule has 0 heterocycles. The van der Waals surface area contributed by atoms with Crippen molar-refractivity contribution in [2.75, 3.05) is 0 Å². The molecule has 0 bridgehead atoms. The number of amides is 1. The largest absolute Gasteiger partial charge is 0.271 e. The maximum Gasteiger partial charge on any atom is 0.271 e. The first kappa shape index (κ1) is 14.4. The predicted molar refractivity (Wildman–Crippen MR) is 75.7 cm³/mol. The van der Waals surface area contributed by atoms with E-state index in [-0.39, 0.29) is 5.91 Å². The molecule has 3 nitrogen and oxygen atoms in total. The van der Waals surface area contributed by atoms with Gasteiger partial charge in [0.2, 0.25) is 0 Å². The smallest absolute Gasteiger partial charge is 0.267 e. The normalized spacial score (nSPS) is 12.6. The minimum atomic E-state index is -0.155. The van der Waals surface area contributed by atoms with Crippen LogP contribution in [0.2, 0.25) is 0 Å². The number of nitrogens with zero attached hydrogens (tertiary/aromatic N) is 1. The summed E-state index contributed by atoms with van der Waals surface area (Å²) in [6.45, 7) is 4.33. The van der Waals surface area contributed by atoms with E-state index in [9.17, 15) is 4.79 Å². The van der Waals surface area contributed by atoms with Crippen LogP contribution in [0.15, 0.2) is 35.4 Å². The highest BCUT2D eigenvalue weighted by atomic mass is 16.2. The standard InChI is InChI=1S/C15H22N2O/c1-3-5-9-13(4-2)12-16-17-15(18)14-10-7-6-8-11-14/h6-8,10-13H,3-5,9H2,1-2H3,(H,17,18)/b16-12+. The Morgan fingerprint density at radius 2 is 2.06 bits per heavy atom. The second-order valence-corrected chi connectivity index (χ2v) is 4.40. The molecule has 0 aliphatic heterocycles. The minimum absolute atomic E-state index is 0.155. The molecule has 1 rings (SSSR count). The molecule has 0 aliphatic carbocycles. The number of hydrazone groups is 1. The highest BCUT2D eigenvalue weighted by Crippen LogP contribution is 2.09. The second-order valence-electron chi connectivity index (χ2n) is 4.40. The van der Waals surface area contributed by atoms with Gasteiger partial charge < -0.3 is 0 Å². The highest BCUT2D eigenvalue weighted by Gasteiger charge is 2.04. The molecule has 1 aromatic carbocycles. The van der Waals surface area contributed by atoms with Crippen LogP contribution in [0.3, 0.4) is 0 Å². The molecule has 0 radical (unpaired) electrons. The summed E-state index contributed by atoms with van der Waals surface area (Å²) in [5.74, 6) is 0.304. The van der Waals surface area contributed by atoms with E-state index in [4.69, 9.17) is 0 Å². The third-order valence-electron chi connectivity index (χ3n) is 2.94. The van der Waals surface area contributed by atoms with Crippen molar-refractivity contribution in [2.45, 2.75) is 39.5 Å². The van der Waals surface area contributed by atoms with Crippen molar-refractivity contribution in [1.29, 1.82) is 0 Å². The Balaban J connectivity index is 2.41. The Morgan fingerprint density at radius 1 is 1.33 bits per heavy atom. The number of hydrogen-bond acceptors (Lipinski definition) is 2. The molecule has 98 valence electrons. The van der Waals surface area contributed by atoms with Crippen LogP contribution < -0.4 is 5.43 Å². The number of carbonyl (C=O) groups is 1. The van der Waals surface area contributed by atoms with E-state index in [2.05, 4.69) is 24.4 Å². The zero-order chi connectivity index (χ0) is 13.2. The van der Waals surface area contributed by atoms with Crippen molar-refractivity contribution in [3.05, 3.63) is 35.9 Å². The van der Waals surface area contributed by atoms with Gasteiger partial charge in [-0.05, 0) is 30.9 Å². The Hall–Kier alpha value is -1.64. The number of nitrogens with one attached hydrogen (secondary N) is 1. The van der Waals surface area contributed by atoms with Gasteiger partial charge in [0.1, 0.15) is 0 Å². The molecule has 0 fully saturated rings. The van der Waals surface area contributed by atoms with Crippen LogP contribution in [0, 0.1) is 5.92 Å². The van der Waals surface area contributed by atoms with Gasteiger partial charge in [0.05, 0.1) is 0 Å². The molecule has 0 saturated carbocycles. The molecule has 0 spiro atoms. The minimum Gasteiger partial charge on any atom is -0.267 e. The fourth-order valence-corrected chi connectivity index (χ4v) is 1.71. The number of rotatable bonds is 7. The summed E-state index contributed by atoms with van der Waals surface area (Å²) in [7, 11) is 0. The molecule has 3 heteroatoms. The first-order valence-corrected chi connectivity index (χ1v) is 6.66. The Kier molecular flexibility index (Phi) is 6.77. The molecule has 18 heavy (non-hydrogen) atoms. The lowest BCUT2D eigenvalue weighted by atomic mass is 10.0. The van der Waals surface area contributed by atoms with Crippen LogP contribution in [0.1, 0.15) is 49.9 Å². The van der Waals surface area contributed by atoms with E-state index in [1.807, 2.05) is 24.4 Å². The molecule has 1 atom stereocenters. The molecular weight excluding hydrogens is 224 g/mol. The zero-order valence-electron chi connectivity index (χ0n) is 11.2. The van der Waals surface area contributed by atoms with Gasteiger partial charge in [0.25, 0.3) is 5.91 Å². The topological polar surface area (TPSA) is 41.5 Å². The van der Waals surface area contributed by atoms with Crippen molar-refractivity contribution >= 4 is 12.1 Å². The van der Waals surface area contributed by atoms with Gasteiger partial charge in [-0.1, -0.05) is 44.9 Å². The molecule has 0 saturated heterocycles. The van der Waals surface area contributed by atoms with E-state index in [1.165, 1.54) is 12.8 Å². The van der Waals surface area contributed by atoms with Crippen molar-refractivity contribution in [2.24, 2.45) is 11.0 Å². The summed E-state index contributed by atoms with van der Waals surface area (Å²) in [6, 6.07) is 9.12. The summed E-state index contributed by atoms with van der Waals surface area (Å²) in [5, 5.41) is 4.05. The summed E-state index contributed by atoms with van der Waals surface area (Å²) in [6.07, 6.45) is 6.46. The lowest BCUT2D eigenvalue weighted by Gasteiger charge is -2.07. The van der Waals surface area contributed by atoms with Crippen LogP contribution >= 0.6 is 0 Å². The molecule has 1 N–H and O–H groups in total. The molecule has 0 aliphatic rings. The summed E-state index contributed by atoms with van der Waals surface area (Å²) in [5.41, 5.74) is 3.21. The Labute approximate surface area is 109 Å². The number of hydrogen-bond donors (Lipinski definition) is 1. The average molecular weight is 246 g/mol. The molecule has 1 aromatic rings. The maximum absolute atomic E-state index is 11.7. The maximum atomic E-state index is 11.7. The SMILES string of the molecule is CCCCC(/C=N/NC(=O)c1ccccc1)CC. The van der Waals surface area contributed by atoms with Gasteiger partial charge in [-0.15, -0.1) is 0 Å². The van der Waals surface area contributed by atoms with Crippen LogP contribution in [0.4, 0.5) is 0 Å². The van der Waals surface area contributed by atoms with Crippen LogP contribution in [0.25, 0.3) is 0 Å². The number of carbonyl (C=O) groups excluding carboxylic acids is 1. The molecule has 1 unspecified atom stereocenters. The van der Waals surface area contributed by atoms with Gasteiger partial charge in [-0.3, -0.25) is 4.79 Å². The zero-order valence-corrected chi connectivity index (χ0v) is 11.2. The third kappa shape index (κ3) is 5.13. The molecule has 0 aromatic heterocycles. The van der Waals surface area contributed by atoms with Gasteiger partial charge in [-0.25, -0.2) is 5.43 Å². The Morgan fingerprint density at radius 3 is 2.67 bits per heavy atom. The summed E-state index contributed by atoms with van der Waals surface area (Å²) < 4.78 is 0. The van der Waals surface area contributed by atoms with E-state index < -0.39 is 0 Å². The quantitative estimate of drug-likeness (QED) is 0.579. The predicted octanol–water partition coefficient (Wildman–Crippen LogP) is 3.62. The van der Waals surface area contributed by atoms with Gasteiger partial charge >= 0.3 is 0 Å². The monoisotopic (exact) mass is 246 g/mol. The third-order valence-corrected chi connectivity index (χ3v) is 2.94. The Bertz CT molecular complexity index is 373. The number of benzene rings is 1. The van der Waals surface area contributed by atoms with Gasteiger partial charge in [0, 0.05) is 11.8 Å².